The third-order valence-electron chi connectivity index (χ3n) is 2.75. The maximum atomic E-state index is 9.68. The smallest absolute Gasteiger partial charge is 0.0897 e. The van der Waals surface area contributed by atoms with Gasteiger partial charge in [0, 0.05) is 32.4 Å². The molecule has 5 nitrogen and oxygen atoms in total. The van der Waals surface area contributed by atoms with Crippen molar-refractivity contribution in [2.24, 2.45) is 0 Å². The van der Waals surface area contributed by atoms with Crippen molar-refractivity contribution in [3.8, 4) is 0 Å². The molecular weight excluding hydrogens is 222 g/mol. The summed E-state index contributed by atoms with van der Waals surface area (Å²) in [6.45, 7) is 6.38. The summed E-state index contributed by atoms with van der Waals surface area (Å²) in [5.41, 5.74) is 0. The third kappa shape index (κ3) is 7.68. The van der Waals surface area contributed by atoms with Crippen molar-refractivity contribution >= 4 is 0 Å². The fourth-order valence-electron chi connectivity index (χ4n) is 1.74. The van der Waals surface area contributed by atoms with Crippen LogP contribution in [0.15, 0.2) is 0 Å². The minimum atomic E-state index is -0.445. The van der Waals surface area contributed by atoms with Gasteiger partial charge in [0.2, 0.25) is 0 Å². The molecule has 0 aliphatic carbocycles. The van der Waals surface area contributed by atoms with Crippen LogP contribution in [0.25, 0.3) is 0 Å². The van der Waals surface area contributed by atoms with Gasteiger partial charge in [-0.1, -0.05) is 0 Å². The Labute approximate surface area is 103 Å². The van der Waals surface area contributed by atoms with Gasteiger partial charge in [-0.25, -0.2) is 0 Å². The number of aliphatic hydroxyl groups excluding tert-OH is 1. The van der Waals surface area contributed by atoms with E-state index in [4.69, 9.17) is 14.2 Å². The Balaban J connectivity index is 1.91. The summed E-state index contributed by atoms with van der Waals surface area (Å²) in [6.07, 6.45) is 1.61. The number of hydrogen-bond donors (Lipinski definition) is 2. The molecular formula is C12H25NO4. The SMILES string of the molecule is CCOCCOCC(O)CNC1CCOCC1. The number of hydrogen-bond acceptors (Lipinski definition) is 5. The molecule has 102 valence electrons. The molecule has 0 aromatic carbocycles. The minimum absolute atomic E-state index is 0.364. The van der Waals surface area contributed by atoms with Gasteiger partial charge in [-0.3, -0.25) is 0 Å². The van der Waals surface area contributed by atoms with Crippen LogP contribution >= 0.6 is 0 Å². The predicted molar refractivity (Wildman–Crippen MR) is 65.2 cm³/mol. The molecule has 1 unspecified atom stereocenters. The van der Waals surface area contributed by atoms with Gasteiger partial charge >= 0.3 is 0 Å². The Kier molecular flexibility index (Phi) is 8.56. The molecule has 1 atom stereocenters. The molecule has 1 saturated heterocycles. The zero-order valence-electron chi connectivity index (χ0n) is 10.7. The summed E-state index contributed by atoms with van der Waals surface area (Å²) in [5.74, 6) is 0. The van der Waals surface area contributed by atoms with Crippen LogP contribution in [0.5, 0.6) is 0 Å². The van der Waals surface area contributed by atoms with E-state index < -0.39 is 6.10 Å². The number of nitrogens with one attached hydrogen (secondary N) is 1. The number of aliphatic hydroxyl groups is 1. The van der Waals surface area contributed by atoms with Crippen molar-refractivity contribution in [1.29, 1.82) is 0 Å². The topological polar surface area (TPSA) is 60.0 Å². The van der Waals surface area contributed by atoms with E-state index in [1.54, 1.807) is 0 Å². The highest BCUT2D eigenvalue weighted by molar-refractivity contribution is 4.71. The molecule has 0 aromatic rings. The van der Waals surface area contributed by atoms with E-state index >= 15 is 0 Å². The molecule has 1 aliphatic rings. The molecule has 2 N–H and O–H groups in total. The Morgan fingerprint density at radius 2 is 2.00 bits per heavy atom. The van der Waals surface area contributed by atoms with Crippen molar-refractivity contribution in [1.82, 2.24) is 5.32 Å². The Morgan fingerprint density at radius 1 is 1.29 bits per heavy atom. The standard InChI is InChI=1S/C12H25NO4/c1-2-15-7-8-17-10-12(14)9-13-11-3-5-16-6-4-11/h11-14H,2-10H2,1H3. The van der Waals surface area contributed by atoms with Crippen LogP contribution in [-0.2, 0) is 14.2 Å². The van der Waals surface area contributed by atoms with Gasteiger partial charge in [-0.2, -0.15) is 0 Å². The van der Waals surface area contributed by atoms with Gasteiger partial charge in [0.15, 0.2) is 0 Å². The first-order valence-corrected chi connectivity index (χ1v) is 6.47. The molecule has 0 amide bonds. The first kappa shape index (κ1) is 14.9. The van der Waals surface area contributed by atoms with Crippen LogP contribution in [0.3, 0.4) is 0 Å². The van der Waals surface area contributed by atoms with Gasteiger partial charge in [0.25, 0.3) is 0 Å². The van der Waals surface area contributed by atoms with Gasteiger partial charge in [0.05, 0.1) is 25.9 Å². The summed E-state index contributed by atoms with van der Waals surface area (Å²) in [7, 11) is 0. The van der Waals surface area contributed by atoms with Crippen LogP contribution in [0, 0.1) is 0 Å². The third-order valence-corrected chi connectivity index (χ3v) is 2.75. The lowest BCUT2D eigenvalue weighted by atomic mass is 10.1. The summed E-state index contributed by atoms with van der Waals surface area (Å²) >= 11 is 0. The lowest BCUT2D eigenvalue weighted by molar-refractivity contribution is 0.00356. The second-order valence-electron chi connectivity index (χ2n) is 4.22. The molecule has 0 aromatic heterocycles. The fraction of sp³-hybridized carbons (Fsp3) is 1.00. The normalized spacial score (nSPS) is 19.4. The molecule has 0 radical (unpaired) electrons. The number of rotatable bonds is 9. The van der Waals surface area contributed by atoms with E-state index in [1.165, 1.54) is 0 Å². The van der Waals surface area contributed by atoms with Crippen LogP contribution in [0.1, 0.15) is 19.8 Å². The van der Waals surface area contributed by atoms with Gasteiger partial charge in [-0.05, 0) is 19.8 Å². The summed E-state index contributed by atoms with van der Waals surface area (Å²) in [5, 5.41) is 13.0. The quantitative estimate of drug-likeness (QED) is 0.569. The lowest BCUT2D eigenvalue weighted by Gasteiger charge is -2.24. The van der Waals surface area contributed by atoms with Crippen molar-refractivity contribution in [3.05, 3.63) is 0 Å². The Hall–Kier alpha value is -0.200. The summed E-state index contributed by atoms with van der Waals surface area (Å²) in [4.78, 5) is 0. The van der Waals surface area contributed by atoms with E-state index in [-0.39, 0.29) is 0 Å². The first-order valence-electron chi connectivity index (χ1n) is 6.47. The van der Waals surface area contributed by atoms with E-state index in [0.717, 1.165) is 26.1 Å². The fourth-order valence-corrected chi connectivity index (χ4v) is 1.74. The molecule has 0 spiro atoms. The van der Waals surface area contributed by atoms with Gasteiger partial charge in [-0.15, -0.1) is 0 Å². The highest BCUT2D eigenvalue weighted by Gasteiger charge is 2.14. The molecule has 1 aliphatic heterocycles. The second-order valence-corrected chi connectivity index (χ2v) is 4.22. The number of ether oxygens (including phenoxy) is 3. The summed E-state index contributed by atoms with van der Waals surface area (Å²) in [6, 6.07) is 0.474. The zero-order chi connectivity index (χ0) is 12.3. The van der Waals surface area contributed by atoms with Crippen molar-refractivity contribution in [3.63, 3.8) is 0 Å². The maximum absolute atomic E-state index is 9.68. The maximum Gasteiger partial charge on any atom is 0.0897 e. The predicted octanol–water partition coefficient (Wildman–Crippen LogP) is 0.169. The van der Waals surface area contributed by atoms with Gasteiger partial charge in [0.1, 0.15) is 0 Å². The van der Waals surface area contributed by atoms with E-state index in [0.29, 0.717) is 39.0 Å². The average Bonchev–Trinajstić information content (AvgIpc) is 2.37. The molecule has 17 heavy (non-hydrogen) atoms. The molecule has 1 heterocycles. The van der Waals surface area contributed by atoms with Crippen LogP contribution in [0.4, 0.5) is 0 Å². The molecule has 5 heteroatoms. The first-order chi connectivity index (χ1) is 8.33. The van der Waals surface area contributed by atoms with Crippen LogP contribution in [0.2, 0.25) is 0 Å². The minimum Gasteiger partial charge on any atom is -0.389 e. The van der Waals surface area contributed by atoms with Crippen molar-refractivity contribution in [2.75, 3.05) is 46.2 Å². The lowest BCUT2D eigenvalue weighted by Crippen LogP contribution is -2.40. The molecule has 0 saturated carbocycles. The van der Waals surface area contributed by atoms with Crippen LogP contribution < -0.4 is 5.32 Å². The van der Waals surface area contributed by atoms with Crippen molar-refractivity contribution in [2.45, 2.75) is 31.9 Å². The van der Waals surface area contributed by atoms with Crippen LogP contribution in [-0.4, -0.2) is 63.4 Å². The molecule has 1 fully saturated rings. The highest BCUT2D eigenvalue weighted by atomic mass is 16.5. The molecule has 1 rings (SSSR count). The monoisotopic (exact) mass is 247 g/mol. The second kappa shape index (κ2) is 9.79. The highest BCUT2D eigenvalue weighted by Crippen LogP contribution is 2.05. The van der Waals surface area contributed by atoms with E-state index in [2.05, 4.69) is 5.32 Å². The average molecular weight is 247 g/mol. The molecule has 0 bridgehead atoms. The Morgan fingerprint density at radius 3 is 2.71 bits per heavy atom. The van der Waals surface area contributed by atoms with Crippen molar-refractivity contribution < 1.29 is 19.3 Å². The summed E-state index contributed by atoms with van der Waals surface area (Å²) < 4.78 is 15.7. The van der Waals surface area contributed by atoms with E-state index in [1.807, 2.05) is 6.92 Å². The van der Waals surface area contributed by atoms with Gasteiger partial charge < -0.3 is 24.6 Å². The largest absolute Gasteiger partial charge is 0.389 e. The Bertz CT molecular complexity index is 174. The van der Waals surface area contributed by atoms with E-state index in [9.17, 15) is 5.11 Å². The zero-order valence-corrected chi connectivity index (χ0v) is 10.7.